The maximum atomic E-state index is 3.79. The Morgan fingerprint density at radius 2 is 2.06 bits per heavy atom. The summed E-state index contributed by atoms with van der Waals surface area (Å²) in [5.41, 5.74) is 3.60. The van der Waals surface area contributed by atoms with Gasteiger partial charge in [-0.2, -0.15) is 0 Å². The quantitative estimate of drug-likeness (QED) is 0.829. The molecule has 2 rings (SSSR count). The fourth-order valence-electron chi connectivity index (χ4n) is 1.80. The zero-order valence-corrected chi connectivity index (χ0v) is 10.1. The first-order valence-electron chi connectivity index (χ1n) is 5.53. The molecule has 0 aliphatic carbocycles. The number of benzene rings is 1. The van der Waals surface area contributed by atoms with Gasteiger partial charge >= 0.3 is 0 Å². The van der Waals surface area contributed by atoms with Crippen LogP contribution < -0.4 is 0 Å². The molecule has 0 aliphatic heterocycles. The Morgan fingerprint density at radius 3 is 2.69 bits per heavy atom. The third-order valence-electron chi connectivity index (χ3n) is 3.13. The SMILES string of the molecule is C=Cc1ccc2[nH]c(C(C)N(C)C)cc2c1. The van der Waals surface area contributed by atoms with Crippen LogP contribution in [0.3, 0.4) is 0 Å². The van der Waals surface area contributed by atoms with E-state index in [9.17, 15) is 0 Å². The Bertz CT molecular complexity index is 508. The van der Waals surface area contributed by atoms with Crippen LogP contribution in [0.25, 0.3) is 17.0 Å². The molecule has 16 heavy (non-hydrogen) atoms. The van der Waals surface area contributed by atoms with Gasteiger partial charge in [0.2, 0.25) is 0 Å². The van der Waals surface area contributed by atoms with Crippen molar-refractivity contribution in [3.8, 4) is 0 Å². The molecule has 1 atom stereocenters. The molecule has 2 heteroatoms. The van der Waals surface area contributed by atoms with Crippen LogP contribution in [0, 0.1) is 0 Å². The van der Waals surface area contributed by atoms with E-state index in [0.717, 1.165) is 5.56 Å². The van der Waals surface area contributed by atoms with Crippen molar-refractivity contribution >= 4 is 17.0 Å². The molecule has 1 N–H and O–H groups in total. The molecule has 0 bridgehead atoms. The van der Waals surface area contributed by atoms with Crippen molar-refractivity contribution in [2.75, 3.05) is 14.1 Å². The summed E-state index contributed by atoms with van der Waals surface area (Å²) in [5, 5.41) is 1.25. The van der Waals surface area contributed by atoms with Crippen molar-refractivity contribution in [2.45, 2.75) is 13.0 Å². The molecule has 0 fully saturated rings. The number of aromatic amines is 1. The lowest BCUT2D eigenvalue weighted by Gasteiger charge is -2.17. The monoisotopic (exact) mass is 214 g/mol. The van der Waals surface area contributed by atoms with E-state index in [4.69, 9.17) is 0 Å². The molecule has 1 heterocycles. The Balaban J connectivity index is 2.47. The highest BCUT2D eigenvalue weighted by Crippen LogP contribution is 2.23. The van der Waals surface area contributed by atoms with Gasteiger partial charge in [-0.05, 0) is 44.8 Å². The average molecular weight is 214 g/mol. The molecule has 0 radical (unpaired) electrons. The Labute approximate surface area is 96.6 Å². The normalized spacial score (nSPS) is 13.2. The number of hydrogen-bond donors (Lipinski definition) is 1. The molecule has 1 unspecified atom stereocenters. The summed E-state index contributed by atoms with van der Waals surface area (Å²) >= 11 is 0. The van der Waals surface area contributed by atoms with Gasteiger partial charge in [0.1, 0.15) is 0 Å². The Morgan fingerprint density at radius 1 is 1.31 bits per heavy atom. The lowest BCUT2D eigenvalue weighted by molar-refractivity contribution is 0.316. The largest absolute Gasteiger partial charge is 0.357 e. The average Bonchev–Trinajstić information content (AvgIpc) is 2.69. The molecule has 0 saturated heterocycles. The van der Waals surface area contributed by atoms with E-state index in [0.29, 0.717) is 6.04 Å². The summed E-state index contributed by atoms with van der Waals surface area (Å²) in [5.74, 6) is 0. The second-order valence-corrected chi connectivity index (χ2v) is 4.42. The number of aromatic nitrogens is 1. The molecule has 0 amide bonds. The topological polar surface area (TPSA) is 19.0 Å². The molecule has 84 valence electrons. The van der Waals surface area contributed by atoms with E-state index in [1.165, 1.54) is 16.6 Å². The van der Waals surface area contributed by atoms with Crippen molar-refractivity contribution in [3.05, 3.63) is 42.1 Å². The Hall–Kier alpha value is -1.54. The molecule has 0 saturated carbocycles. The number of rotatable bonds is 3. The molecule has 2 aromatic rings. The third kappa shape index (κ3) is 1.89. The predicted octanol–water partition coefficient (Wildman–Crippen LogP) is 3.43. The van der Waals surface area contributed by atoms with E-state index in [1.807, 2.05) is 6.08 Å². The minimum atomic E-state index is 0.402. The van der Waals surface area contributed by atoms with Crippen LogP contribution in [-0.4, -0.2) is 24.0 Å². The van der Waals surface area contributed by atoms with E-state index in [1.54, 1.807) is 0 Å². The highest BCUT2D eigenvalue weighted by molar-refractivity contribution is 5.83. The van der Waals surface area contributed by atoms with E-state index < -0.39 is 0 Å². The van der Waals surface area contributed by atoms with Crippen LogP contribution in [0.5, 0.6) is 0 Å². The number of nitrogens with one attached hydrogen (secondary N) is 1. The van der Waals surface area contributed by atoms with Gasteiger partial charge in [-0.15, -0.1) is 0 Å². The first kappa shape index (κ1) is 11.0. The first-order chi connectivity index (χ1) is 7.61. The van der Waals surface area contributed by atoms with Crippen LogP contribution >= 0.6 is 0 Å². The van der Waals surface area contributed by atoms with Crippen LogP contribution in [0.2, 0.25) is 0 Å². The smallest absolute Gasteiger partial charge is 0.0464 e. The standard InChI is InChI=1S/C14H18N2/c1-5-11-6-7-13-12(8-11)9-14(15-13)10(2)16(3)4/h5-10,15H,1H2,2-4H3. The van der Waals surface area contributed by atoms with Crippen LogP contribution in [0.15, 0.2) is 30.8 Å². The fourth-order valence-corrected chi connectivity index (χ4v) is 1.80. The minimum absolute atomic E-state index is 0.402. The summed E-state index contributed by atoms with van der Waals surface area (Å²) in [6.45, 7) is 5.98. The van der Waals surface area contributed by atoms with Crippen molar-refractivity contribution in [2.24, 2.45) is 0 Å². The molecule has 0 aliphatic rings. The summed E-state index contributed by atoms with van der Waals surface area (Å²) in [6.07, 6.45) is 1.88. The molecule has 2 nitrogen and oxygen atoms in total. The highest BCUT2D eigenvalue weighted by Gasteiger charge is 2.10. The zero-order valence-electron chi connectivity index (χ0n) is 10.1. The van der Waals surface area contributed by atoms with E-state index in [-0.39, 0.29) is 0 Å². The van der Waals surface area contributed by atoms with Gasteiger partial charge in [-0.3, -0.25) is 0 Å². The van der Waals surface area contributed by atoms with E-state index >= 15 is 0 Å². The maximum absolute atomic E-state index is 3.79. The van der Waals surface area contributed by atoms with Gasteiger partial charge in [-0.1, -0.05) is 18.7 Å². The number of hydrogen-bond acceptors (Lipinski definition) is 1. The van der Waals surface area contributed by atoms with Gasteiger partial charge in [0.25, 0.3) is 0 Å². The zero-order chi connectivity index (χ0) is 11.7. The lowest BCUT2D eigenvalue weighted by atomic mass is 10.1. The Kier molecular flexibility index (Phi) is 2.84. The van der Waals surface area contributed by atoms with Crippen molar-refractivity contribution < 1.29 is 0 Å². The molecular formula is C14H18N2. The summed E-state index contributed by atoms with van der Waals surface area (Å²) in [4.78, 5) is 5.65. The molecule has 1 aromatic carbocycles. The minimum Gasteiger partial charge on any atom is -0.357 e. The lowest BCUT2D eigenvalue weighted by Crippen LogP contribution is -2.16. The second-order valence-electron chi connectivity index (χ2n) is 4.42. The van der Waals surface area contributed by atoms with Crippen LogP contribution in [-0.2, 0) is 0 Å². The third-order valence-corrected chi connectivity index (χ3v) is 3.13. The van der Waals surface area contributed by atoms with Gasteiger partial charge in [0.05, 0.1) is 0 Å². The van der Waals surface area contributed by atoms with E-state index in [2.05, 4.69) is 61.7 Å². The highest BCUT2D eigenvalue weighted by atomic mass is 15.1. The van der Waals surface area contributed by atoms with Crippen molar-refractivity contribution in [1.82, 2.24) is 9.88 Å². The number of fused-ring (bicyclic) bond motifs is 1. The number of nitrogens with zero attached hydrogens (tertiary/aromatic N) is 1. The second kappa shape index (κ2) is 4.14. The van der Waals surface area contributed by atoms with Gasteiger partial charge < -0.3 is 9.88 Å². The summed E-state index contributed by atoms with van der Waals surface area (Å²) < 4.78 is 0. The van der Waals surface area contributed by atoms with Gasteiger partial charge in [0.15, 0.2) is 0 Å². The molecule has 1 aromatic heterocycles. The van der Waals surface area contributed by atoms with Gasteiger partial charge in [0, 0.05) is 22.6 Å². The van der Waals surface area contributed by atoms with Gasteiger partial charge in [-0.25, -0.2) is 0 Å². The maximum Gasteiger partial charge on any atom is 0.0464 e. The fraction of sp³-hybridized carbons (Fsp3) is 0.286. The number of H-pyrrole nitrogens is 1. The first-order valence-corrected chi connectivity index (χ1v) is 5.53. The summed E-state index contributed by atoms with van der Waals surface area (Å²) in [7, 11) is 4.18. The van der Waals surface area contributed by atoms with Crippen molar-refractivity contribution in [3.63, 3.8) is 0 Å². The van der Waals surface area contributed by atoms with Crippen LogP contribution in [0.1, 0.15) is 24.2 Å². The van der Waals surface area contributed by atoms with Crippen LogP contribution in [0.4, 0.5) is 0 Å². The predicted molar refractivity (Wildman–Crippen MR) is 70.5 cm³/mol. The molecule has 0 spiro atoms. The van der Waals surface area contributed by atoms with Crippen molar-refractivity contribution in [1.29, 1.82) is 0 Å². The summed E-state index contributed by atoms with van der Waals surface area (Å²) in [6, 6.07) is 8.96. The molecular weight excluding hydrogens is 196 g/mol.